The van der Waals surface area contributed by atoms with E-state index in [0.29, 0.717) is 5.39 Å². The molecule has 2 N–H and O–H groups in total. The summed E-state index contributed by atoms with van der Waals surface area (Å²) in [4.78, 5) is 12.8. The van der Waals surface area contributed by atoms with Gasteiger partial charge in [0.05, 0.1) is 6.61 Å². The van der Waals surface area contributed by atoms with Crippen LogP contribution in [0.1, 0.15) is 44.6 Å². The van der Waals surface area contributed by atoms with Crippen LogP contribution in [-0.2, 0) is 15.1 Å². The molecule has 4 nitrogen and oxygen atoms in total. The second kappa shape index (κ2) is 6.81. The minimum Gasteiger partial charge on any atom is -0.508 e. The van der Waals surface area contributed by atoms with Crippen LogP contribution in [-0.4, -0.2) is 22.8 Å². The Morgan fingerprint density at radius 1 is 1.17 bits per heavy atom. The molecule has 0 radical (unpaired) electrons. The summed E-state index contributed by atoms with van der Waals surface area (Å²) >= 11 is 0. The number of hydrogen-bond donors (Lipinski definition) is 2. The van der Waals surface area contributed by atoms with Crippen LogP contribution in [0.2, 0.25) is 0 Å². The maximum absolute atomic E-state index is 12.8. The molecule has 0 spiro atoms. The first kappa shape index (κ1) is 16.8. The van der Waals surface area contributed by atoms with Crippen LogP contribution in [0.3, 0.4) is 0 Å². The van der Waals surface area contributed by atoms with Crippen LogP contribution in [0.4, 0.5) is 0 Å². The largest absolute Gasteiger partial charge is 0.508 e. The number of ether oxygens (including phenoxy) is 1. The van der Waals surface area contributed by atoms with Crippen LogP contribution in [0.15, 0.2) is 36.4 Å². The van der Waals surface area contributed by atoms with Gasteiger partial charge >= 0.3 is 5.97 Å². The molecule has 0 bridgehead atoms. The molecule has 2 aromatic carbocycles. The van der Waals surface area contributed by atoms with Gasteiger partial charge in [0.15, 0.2) is 5.60 Å². The molecular formula is C20H24O4. The molecule has 0 aromatic heterocycles. The highest BCUT2D eigenvalue weighted by molar-refractivity contribution is 5.94. The predicted octanol–water partition coefficient (Wildman–Crippen LogP) is 3.88. The summed E-state index contributed by atoms with van der Waals surface area (Å²) in [5.74, 6) is -0.972. The molecule has 24 heavy (non-hydrogen) atoms. The van der Waals surface area contributed by atoms with E-state index >= 15 is 0 Å². The first-order valence-corrected chi connectivity index (χ1v) is 8.69. The lowest BCUT2D eigenvalue weighted by molar-refractivity contribution is -0.175. The van der Waals surface area contributed by atoms with E-state index < -0.39 is 11.6 Å². The molecule has 1 unspecified atom stereocenters. The van der Waals surface area contributed by atoms with Crippen molar-refractivity contribution in [2.45, 2.75) is 44.6 Å². The standard InChI is InChI=1S/C20H24O4/c1-2-24-19(22)20(23,15-9-4-3-5-10-15)18-16-11-7-6-8-14(16)12-13-17(18)21/h6-8,11-13,15,21,23H,2-5,9-10H2,1H3. The Bertz CT molecular complexity index is 733. The summed E-state index contributed by atoms with van der Waals surface area (Å²) in [6.07, 6.45) is 4.54. The molecule has 4 heteroatoms. The van der Waals surface area contributed by atoms with Crippen molar-refractivity contribution in [2.24, 2.45) is 5.92 Å². The average molecular weight is 328 g/mol. The predicted molar refractivity (Wildman–Crippen MR) is 92.7 cm³/mol. The summed E-state index contributed by atoms with van der Waals surface area (Å²) in [6, 6.07) is 10.8. The summed E-state index contributed by atoms with van der Waals surface area (Å²) in [6.45, 7) is 1.92. The Kier molecular flexibility index (Phi) is 4.76. The summed E-state index contributed by atoms with van der Waals surface area (Å²) in [7, 11) is 0. The van der Waals surface area contributed by atoms with Crippen molar-refractivity contribution in [3.63, 3.8) is 0 Å². The van der Waals surface area contributed by atoms with E-state index in [0.717, 1.165) is 37.5 Å². The number of hydrogen-bond acceptors (Lipinski definition) is 4. The minimum atomic E-state index is -1.82. The summed E-state index contributed by atoms with van der Waals surface area (Å²) < 4.78 is 5.22. The van der Waals surface area contributed by atoms with Crippen molar-refractivity contribution in [3.05, 3.63) is 42.0 Å². The van der Waals surface area contributed by atoms with Crippen molar-refractivity contribution in [2.75, 3.05) is 6.61 Å². The molecule has 2 aromatic rings. The van der Waals surface area contributed by atoms with Crippen molar-refractivity contribution < 1.29 is 19.7 Å². The first-order chi connectivity index (χ1) is 11.6. The molecule has 1 saturated carbocycles. The average Bonchev–Trinajstić information content (AvgIpc) is 2.62. The third-order valence-electron chi connectivity index (χ3n) is 5.07. The SMILES string of the molecule is CCOC(=O)C(O)(c1c(O)ccc2ccccc12)C1CCCCC1. The van der Waals surface area contributed by atoms with Crippen LogP contribution in [0.25, 0.3) is 10.8 Å². The zero-order valence-corrected chi connectivity index (χ0v) is 14.0. The maximum Gasteiger partial charge on any atom is 0.343 e. The fourth-order valence-electron chi connectivity index (χ4n) is 3.89. The minimum absolute atomic E-state index is 0.0603. The molecule has 0 saturated heterocycles. The van der Waals surface area contributed by atoms with Crippen molar-refractivity contribution in [1.29, 1.82) is 0 Å². The van der Waals surface area contributed by atoms with Gasteiger partial charge in [-0.15, -0.1) is 0 Å². The van der Waals surface area contributed by atoms with Gasteiger partial charge in [0.25, 0.3) is 0 Å². The first-order valence-electron chi connectivity index (χ1n) is 8.69. The summed E-state index contributed by atoms with van der Waals surface area (Å²) in [5, 5.41) is 23.6. The Labute approximate surface area is 142 Å². The molecule has 128 valence electrons. The van der Waals surface area contributed by atoms with Crippen LogP contribution < -0.4 is 0 Å². The molecule has 1 fully saturated rings. The van der Waals surface area contributed by atoms with E-state index in [9.17, 15) is 15.0 Å². The van der Waals surface area contributed by atoms with Gasteiger partial charge in [0.2, 0.25) is 0 Å². The van der Waals surface area contributed by atoms with E-state index in [1.165, 1.54) is 0 Å². The number of fused-ring (bicyclic) bond motifs is 1. The third-order valence-corrected chi connectivity index (χ3v) is 5.07. The van der Waals surface area contributed by atoms with Gasteiger partial charge in [-0.25, -0.2) is 4.79 Å². The number of carbonyl (C=O) groups is 1. The van der Waals surface area contributed by atoms with Gasteiger partial charge in [0.1, 0.15) is 5.75 Å². The highest BCUT2D eigenvalue weighted by Gasteiger charge is 2.49. The number of aromatic hydroxyl groups is 1. The Balaban J connectivity index is 2.22. The second-order valence-corrected chi connectivity index (χ2v) is 6.50. The van der Waals surface area contributed by atoms with E-state index in [1.54, 1.807) is 19.1 Å². The van der Waals surface area contributed by atoms with Gasteiger partial charge in [-0.3, -0.25) is 0 Å². The second-order valence-electron chi connectivity index (χ2n) is 6.50. The van der Waals surface area contributed by atoms with Crippen molar-refractivity contribution in [1.82, 2.24) is 0 Å². The Hall–Kier alpha value is -2.07. The van der Waals surface area contributed by atoms with E-state index in [2.05, 4.69) is 0 Å². The molecule has 1 aliphatic carbocycles. The molecule has 0 heterocycles. The quantitative estimate of drug-likeness (QED) is 0.836. The van der Waals surface area contributed by atoms with Crippen LogP contribution in [0, 0.1) is 5.92 Å². The van der Waals surface area contributed by atoms with Gasteiger partial charge in [-0.1, -0.05) is 49.6 Å². The fraction of sp³-hybridized carbons (Fsp3) is 0.450. The smallest absolute Gasteiger partial charge is 0.343 e. The van der Waals surface area contributed by atoms with Crippen LogP contribution in [0.5, 0.6) is 5.75 Å². The molecule has 1 aliphatic rings. The topological polar surface area (TPSA) is 66.8 Å². The number of esters is 1. The van der Waals surface area contributed by atoms with Crippen molar-refractivity contribution in [3.8, 4) is 5.75 Å². The van der Waals surface area contributed by atoms with Gasteiger partial charge in [0, 0.05) is 11.5 Å². The van der Waals surface area contributed by atoms with Gasteiger partial charge in [-0.2, -0.15) is 0 Å². The highest BCUT2D eigenvalue weighted by atomic mass is 16.5. The van der Waals surface area contributed by atoms with Gasteiger partial charge in [-0.05, 0) is 36.6 Å². The zero-order chi connectivity index (χ0) is 17.2. The zero-order valence-electron chi connectivity index (χ0n) is 14.0. The maximum atomic E-state index is 12.8. The Morgan fingerprint density at radius 2 is 1.88 bits per heavy atom. The molecule has 3 rings (SSSR count). The Morgan fingerprint density at radius 3 is 2.58 bits per heavy atom. The van der Waals surface area contributed by atoms with Crippen LogP contribution >= 0.6 is 0 Å². The lowest BCUT2D eigenvalue weighted by Gasteiger charge is -2.37. The lowest BCUT2D eigenvalue weighted by atomic mass is 9.72. The van der Waals surface area contributed by atoms with E-state index in [-0.39, 0.29) is 23.8 Å². The van der Waals surface area contributed by atoms with Crippen molar-refractivity contribution >= 4 is 16.7 Å². The van der Waals surface area contributed by atoms with E-state index in [4.69, 9.17) is 4.74 Å². The number of aliphatic hydroxyl groups is 1. The molecule has 1 atom stereocenters. The van der Waals surface area contributed by atoms with E-state index in [1.807, 2.05) is 24.3 Å². The normalized spacial score (nSPS) is 18.2. The third kappa shape index (κ3) is 2.75. The molecular weight excluding hydrogens is 304 g/mol. The number of phenols is 1. The fourth-order valence-corrected chi connectivity index (χ4v) is 3.89. The lowest BCUT2D eigenvalue weighted by Crippen LogP contribution is -2.45. The number of rotatable bonds is 4. The monoisotopic (exact) mass is 328 g/mol. The molecule has 0 aliphatic heterocycles. The highest BCUT2D eigenvalue weighted by Crippen LogP contribution is 2.46. The van der Waals surface area contributed by atoms with Gasteiger partial charge < -0.3 is 14.9 Å². The summed E-state index contributed by atoms with van der Waals surface area (Å²) in [5.41, 5.74) is -1.53. The number of benzene rings is 2. The number of phenolic OH excluding ortho intramolecular Hbond substituents is 1. The number of carbonyl (C=O) groups excluding carboxylic acids is 1. The molecule has 0 amide bonds.